The van der Waals surface area contributed by atoms with E-state index in [1.54, 1.807) is 24.3 Å². The molecule has 0 saturated carbocycles. The molecule has 0 saturated heterocycles. The molecule has 3 aromatic rings. The van der Waals surface area contributed by atoms with Crippen molar-refractivity contribution in [2.24, 2.45) is 0 Å². The lowest BCUT2D eigenvalue weighted by Crippen LogP contribution is -2.37. The van der Waals surface area contributed by atoms with E-state index in [1.807, 2.05) is 0 Å². The van der Waals surface area contributed by atoms with Gasteiger partial charge in [0.2, 0.25) is 0 Å². The van der Waals surface area contributed by atoms with Gasteiger partial charge in [-0.1, -0.05) is 6.08 Å². The number of carboxylic acids is 1. The summed E-state index contributed by atoms with van der Waals surface area (Å²) in [7, 11) is 0. The van der Waals surface area contributed by atoms with Crippen LogP contribution in [0.25, 0.3) is 34.3 Å². The van der Waals surface area contributed by atoms with Gasteiger partial charge < -0.3 is 25.5 Å². The van der Waals surface area contributed by atoms with E-state index in [0.717, 1.165) is 0 Å². The van der Waals surface area contributed by atoms with Crippen molar-refractivity contribution in [3.63, 3.8) is 0 Å². The van der Waals surface area contributed by atoms with Crippen LogP contribution < -0.4 is 21.4 Å². The first-order valence-electron chi connectivity index (χ1n) is 9.17. The highest BCUT2D eigenvalue weighted by Crippen LogP contribution is 2.21. The first kappa shape index (κ1) is 18.9. The van der Waals surface area contributed by atoms with Crippen molar-refractivity contribution < 1.29 is 19.4 Å². The number of aliphatic hydroxyl groups is 1. The summed E-state index contributed by atoms with van der Waals surface area (Å²) >= 11 is 0. The van der Waals surface area contributed by atoms with Crippen LogP contribution in [0.15, 0.2) is 29.1 Å². The molecule has 1 aromatic carbocycles. The average Bonchev–Trinajstić information content (AvgIpc) is 3.08. The molecule has 1 atom stereocenters. The smallest absolute Gasteiger partial charge is 0.306 e. The van der Waals surface area contributed by atoms with Gasteiger partial charge in [0.05, 0.1) is 29.1 Å². The number of hydrogen-bond donors (Lipinski definition) is 5. The van der Waals surface area contributed by atoms with Crippen molar-refractivity contribution >= 4 is 34.6 Å². The second-order valence-corrected chi connectivity index (χ2v) is 6.94. The Hall–Kier alpha value is -3.46. The number of benzene rings is 1. The number of nitrogens with one attached hydrogen (secondary N) is 3. The van der Waals surface area contributed by atoms with Crippen LogP contribution in [0, 0.1) is 0 Å². The van der Waals surface area contributed by atoms with Crippen LogP contribution in [0.1, 0.15) is 19.3 Å². The lowest BCUT2D eigenvalue weighted by atomic mass is 10.1. The minimum atomic E-state index is -1.07. The molecular formula is C20H19FN4O4. The summed E-state index contributed by atoms with van der Waals surface area (Å²) < 4.78 is 14.2. The zero-order valence-electron chi connectivity index (χ0n) is 15.3. The van der Waals surface area contributed by atoms with Crippen LogP contribution in [-0.2, 0) is 4.79 Å². The van der Waals surface area contributed by atoms with Crippen molar-refractivity contribution in [2.75, 3.05) is 11.9 Å². The molecule has 2 heterocycles. The van der Waals surface area contributed by atoms with Crippen LogP contribution in [0.3, 0.4) is 0 Å². The molecule has 150 valence electrons. The first-order chi connectivity index (χ1) is 13.9. The molecule has 0 fully saturated rings. The molecule has 5 N–H and O–H groups in total. The number of aliphatic carboxylic acids is 1. The van der Waals surface area contributed by atoms with E-state index >= 15 is 0 Å². The van der Waals surface area contributed by atoms with Gasteiger partial charge in [-0.2, -0.15) is 0 Å². The lowest BCUT2D eigenvalue weighted by Gasteiger charge is -2.10. The highest BCUT2D eigenvalue weighted by molar-refractivity contribution is 5.82. The molecule has 1 aliphatic carbocycles. The molecule has 0 spiro atoms. The summed E-state index contributed by atoms with van der Waals surface area (Å²) in [5, 5.41) is 22.2. The molecule has 4 rings (SSSR count). The Morgan fingerprint density at radius 1 is 1.31 bits per heavy atom. The summed E-state index contributed by atoms with van der Waals surface area (Å²) in [4.78, 5) is 33.3. The number of aromatic nitrogens is 3. The van der Waals surface area contributed by atoms with Crippen molar-refractivity contribution in [1.82, 2.24) is 15.0 Å². The topological polar surface area (TPSA) is 131 Å². The number of carbonyl (C=O) groups is 1. The third-order valence-corrected chi connectivity index (χ3v) is 4.77. The SMILES string of the molecule is O=C(O)CC(O)CNc1ccc2nc(-c3cc4c([nH]c3=O)=CCCC=4F)[nH]c2c1. The highest BCUT2D eigenvalue weighted by atomic mass is 19.1. The number of nitrogens with zero attached hydrogens (tertiary/aromatic N) is 1. The second-order valence-electron chi connectivity index (χ2n) is 6.94. The van der Waals surface area contributed by atoms with Crippen LogP contribution >= 0.6 is 0 Å². The van der Waals surface area contributed by atoms with Gasteiger partial charge >= 0.3 is 5.97 Å². The van der Waals surface area contributed by atoms with Crippen LogP contribution in [0.4, 0.5) is 10.1 Å². The summed E-state index contributed by atoms with van der Waals surface area (Å²) in [6.07, 6.45) is 1.29. The maximum atomic E-state index is 14.2. The summed E-state index contributed by atoms with van der Waals surface area (Å²) in [5.74, 6) is -1.01. The van der Waals surface area contributed by atoms with Gasteiger partial charge in [-0.3, -0.25) is 9.59 Å². The Balaban J connectivity index is 1.65. The summed E-state index contributed by atoms with van der Waals surface area (Å²) in [6.45, 7) is 0.0783. The fourth-order valence-electron chi connectivity index (χ4n) is 3.34. The number of aliphatic hydroxyl groups excluding tert-OH is 1. The number of H-pyrrole nitrogens is 2. The number of anilines is 1. The van der Waals surface area contributed by atoms with Gasteiger partial charge in [-0.05, 0) is 30.7 Å². The number of halogens is 1. The summed E-state index contributed by atoms with van der Waals surface area (Å²) in [6, 6.07) is 6.72. The van der Waals surface area contributed by atoms with Gasteiger partial charge in [0, 0.05) is 29.2 Å². The van der Waals surface area contributed by atoms with Crippen LogP contribution in [-0.4, -0.2) is 43.8 Å². The zero-order valence-corrected chi connectivity index (χ0v) is 15.3. The predicted molar refractivity (Wildman–Crippen MR) is 106 cm³/mol. The van der Waals surface area contributed by atoms with Crippen LogP contribution in [0.5, 0.6) is 0 Å². The van der Waals surface area contributed by atoms with Gasteiger partial charge in [-0.25, -0.2) is 9.37 Å². The average molecular weight is 398 g/mol. The van der Waals surface area contributed by atoms with Gasteiger partial charge in [0.25, 0.3) is 5.56 Å². The van der Waals surface area contributed by atoms with Gasteiger partial charge in [0.1, 0.15) is 11.7 Å². The highest BCUT2D eigenvalue weighted by Gasteiger charge is 2.14. The maximum absolute atomic E-state index is 14.2. The number of carboxylic acid groups (broad SMARTS) is 1. The Morgan fingerprint density at radius 3 is 2.93 bits per heavy atom. The molecule has 2 aromatic heterocycles. The third-order valence-electron chi connectivity index (χ3n) is 4.77. The van der Waals surface area contributed by atoms with Gasteiger partial charge in [0.15, 0.2) is 0 Å². The van der Waals surface area contributed by atoms with E-state index in [1.165, 1.54) is 6.07 Å². The number of hydrogen-bond acceptors (Lipinski definition) is 5. The Labute approximate surface area is 163 Å². The second kappa shape index (κ2) is 7.51. The molecule has 1 unspecified atom stereocenters. The fourth-order valence-corrected chi connectivity index (χ4v) is 3.34. The van der Waals surface area contributed by atoms with E-state index in [0.29, 0.717) is 46.0 Å². The summed E-state index contributed by atoms with van der Waals surface area (Å²) in [5.41, 5.74) is 1.81. The Kier molecular flexibility index (Phi) is 4.89. The molecule has 9 heteroatoms. The van der Waals surface area contributed by atoms with Crippen molar-refractivity contribution in [1.29, 1.82) is 0 Å². The lowest BCUT2D eigenvalue weighted by molar-refractivity contribution is -0.138. The molecule has 1 aliphatic rings. The number of rotatable bonds is 6. The van der Waals surface area contributed by atoms with E-state index in [9.17, 15) is 19.1 Å². The van der Waals surface area contributed by atoms with E-state index < -0.39 is 12.1 Å². The van der Waals surface area contributed by atoms with E-state index in [-0.39, 0.29) is 29.9 Å². The molecule has 0 aliphatic heterocycles. The number of aromatic amines is 2. The fraction of sp³-hybridized carbons (Fsp3) is 0.250. The van der Waals surface area contributed by atoms with E-state index in [2.05, 4.69) is 20.3 Å². The largest absolute Gasteiger partial charge is 0.481 e. The Bertz CT molecular complexity index is 1280. The predicted octanol–water partition coefficient (Wildman–Crippen LogP) is 0.818. The van der Waals surface area contributed by atoms with Crippen molar-refractivity contribution in [3.05, 3.63) is 45.2 Å². The molecule has 0 radical (unpaired) electrons. The number of fused-ring (bicyclic) bond motifs is 2. The van der Waals surface area contributed by atoms with Gasteiger partial charge in [-0.15, -0.1) is 0 Å². The first-order valence-corrected chi connectivity index (χ1v) is 9.17. The number of imidazole rings is 1. The van der Waals surface area contributed by atoms with Crippen LogP contribution in [0.2, 0.25) is 0 Å². The molecular weight excluding hydrogens is 379 g/mol. The van der Waals surface area contributed by atoms with Crippen molar-refractivity contribution in [3.8, 4) is 11.4 Å². The Morgan fingerprint density at radius 2 is 2.14 bits per heavy atom. The maximum Gasteiger partial charge on any atom is 0.306 e. The minimum absolute atomic E-state index is 0.0783. The third kappa shape index (κ3) is 3.90. The van der Waals surface area contributed by atoms with E-state index in [4.69, 9.17) is 5.11 Å². The normalized spacial score (nSPS) is 14.3. The molecule has 0 amide bonds. The standard InChI is InChI=1S/C20H19FN4O4/c21-14-2-1-3-15-12(14)8-13(20(29)25-15)19-23-16-5-4-10(6-17(16)24-19)22-9-11(26)7-18(27)28/h3-6,8,11,22,26H,1-2,7,9H2,(H,23,24)(H,25,29)(H,27,28). The number of pyridine rings is 1. The zero-order chi connectivity index (χ0) is 20.5. The quantitative estimate of drug-likeness (QED) is 0.418. The monoisotopic (exact) mass is 398 g/mol. The minimum Gasteiger partial charge on any atom is -0.481 e. The molecule has 29 heavy (non-hydrogen) atoms. The molecule has 0 bridgehead atoms. The molecule has 8 nitrogen and oxygen atoms in total. The van der Waals surface area contributed by atoms with Crippen molar-refractivity contribution in [2.45, 2.75) is 25.4 Å².